The first-order valence-corrected chi connectivity index (χ1v) is 12.8. The Morgan fingerprint density at radius 2 is 1.62 bits per heavy atom. The van der Waals surface area contributed by atoms with Crippen molar-refractivity contribution in [2.45, 2.75) is 20.0 Å². The van der Waals surface area contributed by atoms with E-state index in [2.05, 4.69) is 5.32 Å². The van der Waals surface area contributed by atoms with E-state index >= 15 is 0 Å². The van der Waals surface area contributed by atoms with Crippen molar-refractivity contribution in [3.63, 3.8) is 0 Å². The lowest BCUT2D eigenvalue weighted by Gasteiger charge is -2.12. The lowest BCUT2D eigenvalue weighted by Crippen LogP contribution is -2.25. The number of nitrogens with zero attached hydrogens (tertiary/aromatic N) is 2. The van der Waals surface area contributed by atoms with Gasteiger partial charge in [0.1, 0.15) is 28.9 Å². The number of carbonyl (C=O) groups excluding carboxylic acids is 1. The molecule has 0 saturated carbocycles. The van der Waals surface area contributed by atoms with E-state index in [1.807, 2.05) is 71.5 Å². The first-order chi connectivity index (χ1) is 18.0. The van der Waals surface area contributed by atoms with E-state index in [1.165, 1.54) is 11.3 Å². The smallest absolute Gasteiger partial charge is 0.253 e. The maximum Gasteiger partial charge on any atom is 0.253 e. The summed E-state index contributed by atoms with van der Waals surface area (Å²) in [4.78, 5) is 17.9. The number of methoxy groups -OCH3 is 3. The fourth-order valence-corrected chi connectivity index (χ4v) is 4.61. The van der Waals surface area contributed by atoms with Crippen LogP contribution in [0.2, 0.25) is 0 Å². The van der Waals surface area contributed by atoms with Crippen LogP contribution < -0.4 is 19.5 Å². The zero-order valence-corrected chi connectivity index (χ0v) is 22.3. The van der Waals surface area contributed by atoms with Gasteiger partial charge in [-0.05, 0) is 67.9 Å². The van der Waals surface area contributed by atoms with Crippen molar-refractivity contribution in [3.8, 4) is 34.3 Å². The summed E-state index contributed by atoms with van der Waals surface area (Å²) in [6.45, 7) is 3.42. The predicted octanol–water partition coefficient (Wildman–Crippen LogP) is 5.27. The van der Waals surface area contributed by atoms with E-state index in [0.717, 1.165) is 51.4 Å². The van der Waals surface area contributed by atoms with Crippen LogP contribution in [-0.2, 0) is 11.3 Å². The average Bonchev–Trinajstić information content (AvgIpc) is 3.54. The molecule has 0 fully saturated rings. The molecule has 37 heavy (non-hydrogen) atoms. The molecule has 4 aromatic rings. The van der Waals surface area contributed by atoms with E-state index in [0.29, 0.717) is 25.3 Å². The molecule has 0 aliphatic heterocycles. The molecule has 0 atom stereocenters. The van der Waals surface area contributed by atoms with E-state index < -0.39 is 0 Å². The zero-order valence-electron chi connectivity index (χ0n) is 21.4. The monoisotopic (exact) mass is 521 g/mol. The Bertz CT molecular complexity index is 1310. The van der Waals surface area contributed by atoms with Crippen LogP contribution in [0.15, 0.2) is 60.0 Å². The third-order valence-corrected chi connectivity index (χ3v) is 6.69. The molecule has 2 heterocycles. The van der Waals surface area contributed by atoms with Crippen molar-refractivity contribution in [2.75, 3.05) is 34.5 Å². The number of amides is 1. The Morgan fingerprint density at radius 1 is 0.973 bits per heavy atom. The Balaban J connectivity index is 1.61. The Kier molecular flexibility index (Phi) is 8.81. The van der Waals surface area contributed by atoms with Gasteiger partial charge < -0.3 is 28.8 Å². The molecule has 1 amide bonds. The second-order valence-corrected chi connectivity index (χ2v) is 9.20. The van der Waals surface area contributed by atoms with Gasteiger partial charge in [-0.1, -0.05) is 0 Å². The maximum absolute atomic E-state index is 13.0. The van der Waals surface area contributed by atoms with Crippen molar-refractivity contribution in [1.29, 1.82) is 0 Å². The molecule has 0 spiro atoms. The molecule has 194 valence electrons. The number of carbonyl (C=O) groups is 1. The van der Waals surface area contributed by atoms with Gasteiger partial charge in [-0.25, -0.2) is 4.98 Å². The summed E-state index contributed by atoms with van der Waals surface area (Å²) in [5.41, 5.74) is 3.95. The summed E-state index contributed by atoms with van der Waals surface area (Å²) in [6, 6.07) is 17.1. The van der Waals surface area contributed by atoms with Crippen molar-refractivity contribution < 1.29 is 23.7 Å². The van der Waals surface area contributed by atoms with Gasteiger partial charge in [0.2, 0.25) is 0 Å². The quantitative estimate of drug-likeness (QED) is 0.256. The average molecular weight is 522 g/mol. The third kappa shape index (κ3) is 6.31. The minimum atomic E-state index is -0.125. The molecule has 0 aliphatic rings. The van der Waals surface area contributed by atoms with Crippen LogP contribution >= 0.6 is 11.3 Å². The molecule has 0 saturated heterocycles. The van der Waals surface area contributed by atoms with Crippen LogP contribution in [0.1, 0.15) is 27.5 Å². The zero-order chi connectivity index (χ0) is 26.2. The standard InChI is InChI=1S/C28H31N3O5S/c1-19-24(28(32)29-14-5-15-33-2)16-26(31(19)20-6-8-21(34-3)9-7-20)25-18-37-27(30-25)17-36-23-12-10-22(35-4)11-13-23/h6-13,16,18H,5,14-15,17H2,1-4H3,(H,29,32). The van der Waals surface area contributed by atoms with Gasteiger partial charge in [0.15, 0.2) is 0 Å². The van der Waals surface area contributed by atoms with Crippen LogP contribution in [-0.4, -0.2) is 49.9 Å². The molecule has 2 aromatic carbocycles. The molecule has 4 rings (SSSR count). The van der Waals surface area contributed by atoms with E-state index in [4.69, 9.17) is 23.9 Å². The minimum Gasteiger partial charge on any atom is -0.497 e. The van der Waals surface area contributed by atoms with Gasteiger partial charge in [-0.15, -0.1) is 11.3 Å². The summed E-state index contributed by atoms with van der Waals surface area (Å²) < 4.78 is 23.6. The first kappa shape index (κ1) is 26.2. The van der Waals surface area contributed by atoms with Crippen molar-refractivity contribution in [3.05, 3.63) is 76.2 Å². The number of nitrogens with one attached hydrogen (secondary N) is 1. The van der Waals surface area contributed by atoms with Gasteiger partial charge in [-0.2, -0.15) is 0 Å². The Morgan fingerprint density at radius 3 is 2.27 bits per heavy atom. The number of ether oxygens (including phenoxy) is 4. The van der Waals surface area contributed by atoms with Crippen molar-refractivity contribution in [2.24, 2.45) is 0 Å². The second-order valence-electron chi connectivity index (χ2n) is 8.26. The van der Waals surface area contributed by atoms with Gasteiger partial charge in [0.25, 0.3) is 5.91 Å². The van der Waals surface area contributed by atoms with E-state index in [1.54, 1.807) is 21.3 Å². The fourth-order valence-electron chi connectivity index (χ4n) is 3.91. The Labute approximate surface area is 220 Å². The number of hydrogen-bond donors (Lipinski definition) is 1. The number of benzene rings is 2. The third-order valence-electron chi connectivity index (χ3n) is 5.87. The molecular formula is C28H31N3O5S. The molecule has 0 bridgehead atoms. The van der Waals surface area contributed by atoms with Crippen LogP contribution in [0.5, 0.6) is 17.2 Å². The first-order valence-electron chi connectivity index (χ1n) is 11.9. The highest BCUT2D eigenvalue weighted by atomic mass is 32.1. The normalized spacial score (nSPS) is 10.8. The Hall–Kier alpha value is -3.82. The lowest BCUT2D eigenvalue weighted by molar-refractivity contribution is 0.0948. The summed E-state index contributed by atoms with van der Waals surface area (Å²) in [5.74, 6) is 2.15. The van der Waals surface area contributed by atoms with Crippen LogP contribution in [0, 0.1) is 6.92 Å². The van der Waals surface area contributed by atoms with Crippen LogP contribution in [0.4, 0.5) is 0 Å². The molecular weight excluding hydrogens is 490 g/mol. The molecule has 2 aromatic heterocycles. The molecule has 0 radical (unpaired) electrons. The van der Waals surface area contributed by atoms with Gasteiger partial charge in [0, 0.05) is 37.0 Å². The predicted molar refractivity (Wildman–Crippen MR) is 144 cm³/mol. The van der Waals surface area contributed by atoms with Crippen molar-refractivity contribution >= 4 is 17.2 Å². The lowest BCUT2D eigenvalue weighted by atomic mass is 10.2. The number of aromatic nitrogens is 2. The maximum atomic E-state index is 13.0. The van der Waals surface area contributed by atoms with E-state index in [9.17, 15) is 4.79 Å². The van der Waals surface area contributed by atoms with Crippen molar-refractivity contribution in [1.82, 2.24) is 14.9 Å². The molecule has 1 N–H and O–H groups in total. The van der Waals surface area contributed by atoms with Crippen LogP contribution in [0.25, 0.3) is 17.1 Å². The topological polar surface area (TPSA) is 83.8 Å². The minimum absolute atomic E-state index is 0.125. The van der Waals surface area contributed by atoms with Gasteiger partial charge in [-0.3, -0.25) is 4.79 Å². The fraction of sp³-hybridized carbons (Fsp3) is 0.286. The molecule has 0 aliphatic carbocycles. The number of thiazole rings is 1. The SMILES string of the molecule is COCCCNC(=O)c1cc(-c2csc(COc3ccc(OC)cc3)n2)n(-c2ccc(OC)cc2)c1C. The number of hydrogen-bond acceptors (Lipinski definition) is 7. The second kappa shape index (κ2) is 12.4. The van der Waals surface area contributed by atoms with Crippen LogP contribution in [0.3, 0.4) is 0 Å². The summed E-state index contributed by atoms with van der Waals surface area (Å²) in [5, 5.41) is 5.81. The molecule has 9 heteroatoms. The number of rotatable bonds is 12. The van der Waals surface area contributed by atoms with E-state index in [-0.39, 0.29) is 5.91 Å². The highest BCUT2D eigenvalue weighted by Gasteiger charge is 2.21. The molecule has 8 nitrogen and oxygen atoms in total. The molecule has 0 unspecified atom stereocenters. The van der Waals surface area contributed by atoms with Gasteiger partial charge >= 0.3 is 0 Å². The summed E-state index contributed by atoms with van der Waals surface area (Å²) in [7, 11) is 4.92. The summed E-state index contributed by atoms with van der Waals surface area (Å²) >= 11 is 1.52. The highest BCUT2D eigenvalue weighted by Crippen LogP contribution is 2.31. The summed E-state index contributed by atoms with van der Waals surface area (Å²) in [6.07, 6.45) is 0.747. The largest absolute Gasteiger partial charge is 0.497 e. The van der Waals surface area contributed by atoms with Gasteiger partial charge in [0.05, 0.1) is 31.2 Å². The highest BCUT2D eigenvalue weighted by molar-refractivity contribution is 7.09.